The van der Waals surface area contributed by atoms with Gasteiger partial charge in [0.2, 0.25) is 11.8 Å². The van der Waals surface area contributed by atoms with Crippen molar-refractivity contribution < 1.29 is 25.0 Å². The smallest absolute Gasteiger partial charge is 0.410 e. The third-order valence-electron chi connectivity index (χ3n) is 3.78. The molecule has 0 bridgehead atoms. The van der Waals surface area contributed by atoms with Gasteiger partial charge in [0, 0.05) is 24.7 Å². The molecule has 0 saturated carbocycles. The van der Waals surface area contributed by atoms with Crippen molar-refractivity contribution in [3.8, 4) is 11.8 Å². The number of carbonyl (C=O) groups is 1. The number of hydrogen-bond donors (Lipinski definition) is 3. The summed E-state index contributed by atoms with van der Waals surface area (Å²) in [6.07, 6.45) is 1.83. The lowest BCUT2D eigenvalue weighted by atomic mass is 9.91. The number of rotatable bonds is 2. The Labute approximate surface area is 129 Å². The topological polar surface area (TPSA) is 95.2 Å². The van der Waals surface area contributed by atoms with Gasteiger partial charge in [0.1, 0.15) is 5.60 Å². The van der Waals surface area contributed by atoms with Crippen LogP contribution in [0.5, 0.6) is 11.8 Å². The molecule has 1 aliphatic heterocycles. The van der Waals surface area contributed by atoms with Crippen LogP contribution in [0.2, 0.25) is 0 Å². The van der Waals surface area contributed by atoms with E-state index >= 15 is 0 Å². The van der Waals surface area contributed by atoms with Crippen LogP contribution in [0.25, 0.3) is 0 Å². The maximum Gasteiger partial charge on any atom is 0.410 e. The maximum atomic E-state index is 12.0. The minimum atomic E-state index is -0.499. The van der Waals surface area contributed by atoms with Crippen LogP contribution in [0.1, 0.15) is 39.2 Å². The third kappa shape index (κ3) is 3.78. The average molecular weight is 312 g/mol. The molecular weight excluding hydrogens is 288 g/mol. The Morgan fingerprint density at radius 2 is 1.91 bits per heavy atom. The monoisotopic (exact) mass is 312 g/mol. The second-order valence-electron chi connectivity index (χ2n) is 6.78. The van der Waals surface area contributed by atoms with Crippen LogP contribution in [-0.2, 0) is 11.2 Å². The van der Waals surface area contributed by atoms with Crippen molar-refractivity contribution in [2.75, 3.05) is 13.1 Å². The predicted molar refractivity (Wildman–Crippen MR) is 79.2 cm³/mol. The first-order chi connectivity index (χ1) is 10.2. The van der Waals surface area contributed by atoms with Gasteiger partial charge in [-0.25, -0.2) is 4.79 Å². The minimum Gasteiger partial charge on any atom is -0.492 e. The average Bonchev–Trinajstić information content (AvgIpc) is 2.65. The molecule has 1 aromatic rings. The largest absolute Gasteiger partial charge is 0.492 e. The number of amides is 1. The van der Waals surface area contributed by atoms with Crippen LogP contribution in [0.15, 0.2) is 6.07 Å². The molecule has 2 rings (SSSR count). The number of ether oxygens (including phenoxy) is 1. The highest BCUT2D eigenvalue weighted by atomic mass is 16.6. The van der Waals surface area contributed by atoms with Crippen molar-refractivity contribution in [2.24, 2.45) is 5.92 Å². The zero-order valence-electron chi connectivity index (χ0n) is 13.2. The lowest BCUT2D eigenvalue weighted by Gasteiger charge is -2.33. The molecule has 22 heavy (non-hydrogen) atoms. The molecule has 1 aliphatic rings. The highest BCUT2D eigenvalue weighted by Crippen LogP contribution is 2.31. The lowest BCUT2D eigenvalue weighted by molar-refractivity contribution is 0.0184. The second-order valence-corrected chi connectivity index (χ2v) is 6.78. The Morgan fingerprint density at radius 1 is 1.32 bits per heavy atom. The molecule has 1 aromatic heterocycles. The van der Waals surface area contributed by atoms with Crippen molar-refractivity contribution in [1.82, 2.24) is 9.63 Å². The molecule has 0 radical (unpaired) electrons. The van der Waals surface area contributed by atoms with E-state index in [9.17, 15) is 20.2 Å². The van der Waals surface area contributed by atoms with E-state index < -0.39 is 5.60 Å². The summed E-state index contributed by atoms with van der Waals surface area (Å²) < 4.78 is 5.71. The fourth-order valence-corrected chi connectivity index (χ4v) is 2.63. The van der Waals surface area contributed by atoms with E-state index in [1.165, 1.54) is 6.07 Å². The van der Waals surface area contributed by atoms with Gasteiger partial charge in [-0.1, -0.05) is 0 Å². The van der Waals surface area contributed by atoms with Gasteiger partial charge in [0.05, 0.1) is 0 Å². The number of nitrogens with zero attached hydrogens (tertiary/aromatic N) is 2. The first kappa shape index (κ1) is 16.3. The molecule has 0 atom stereocenters. The van der Waals surface area contributed by atoms with Crippen molar-refractivity contribution in [2.45, 2.75) is 45.6 Å². The Kier molecular flexibility index (Phi) is 4.44. The summed E-state index contributed by atoms with van der Waals surface area (Å²) in [7, 11) is 0. The van der Waals surface area contributed by atoms with E-state index in [-0.39, 0.29) is 23.8 Å². The molecule has 0 spiro atoms. The van der Waals surface area contributed by atoms with Gasteiger partial charge in [0.15, 0.2) is 0 Å². The number of carbonyl (C=O) groups excluding carboxylic acids is 1. The van der Waals surface area contributed by atoms with Crippen molar-refractivity contribution in [1.29, 1.82) is 0 Å². The minimum absolute atomic E-state index is 0.284. The van der Waals surface area contributed by atoms with Gasteiger partial charge in [-0.3, -0.25) is 0 Å². The molecule has 124 valence electrons. The van der Waals surface area contributed by atoms with Crippen LogP contribution in [0, 0.1) is 5.92 Å². The number of piperidine rings is 1. The van der Waals surface area contributed by atoms with Crippen molar-refractivity contribution in [3.63, 3.8) is 0 Å². The number of hydrogen-bond acceptors (Lipinski definition) is 5. The molecule has 0 aromatic carbocycles. The summed E-state index contributed by atoms with van der Waals surface area (Å²) >= 11 is 0. The fraction of sp³-hybridized carbons (Fsp3) is 0.667. The maximum absolute atomic E-state index is 12.0. The van der Waals surface area contributed by atoms with E-state index in [1.807, 2.05) is 20.8 Å². The van der Waals surface area contributed by atoms with Crippen LogP contribution in [0.4, 0.5) is 4.79 Å². The van der Waals surface area contributed by atoms with E-state index in [0.717, 1.165) is 12.8 Å². The van der Waals surface area contributed by atoms with E-state index in [2.05, 4.69) is 0 Å². The van der Waals surface area contributed by atoms with Gasteiger partial charge in [-0.05, 0) is 46.0 Å². The quantitative estimate of drug-likeness (QED) is 0.728. The third-order valence-corrected chi connectivity index (χ3v) is 3.78. The highest BCUT2D eigenvalue weighted by molar-refractivity contribution is 5.68. The Balaban J connectivity index is 1.87. The number of aromatic hydroxyl groups is 2. The van der Waals surface area contributed by atoms with Crippen molar-refractivity contribution >= 4 is 6.09 Å². The second kappa shape index (κ2) is 5.98. The summed E-state index contributed by atoms with van der Waals surface area (Å²) in [5.41, 5.74) is 0.0112. The molecule has 0 unspecified atom stereocenters. The first-order valence-corrected chi connectivity index (χ1v) is 7.47. The molecule has 1 amide bonds. The van der Waals surface area contributed by atoms with Crippen LogP contribution in [-0.4, -0.2) is 49.8 Å². The normalized spacial score (nSPS) is 16.8. The molecule has 1 saturated heterocycles. The summed E-state index contributed by atoms with van der Waals surface area (Å²) in [4.78, 5) is 13.7. The van der Waals surface area contributed by atoms with Crippen LogP contribution < -0.4 is 0 Å². The standard InChI is InChI=1S/C15H24N2O5/c1-15(2,3)22-14(20)16-6-4-10(5-7-16)8-11-9-12(18)17(21)13(11)19/h9-10,18-19,21H,4-8H2,1-3H3. The molecule has 0 aliphatic carbocycles. The molecule has 3 N–H and O–H groups in total. The van der Waals surface area contributed by atoms with Crippen LogP contribution in [0.3, 0.4) is 0 Å². The fourth-order valence-electron chi connectivity index (χ4n) is 2.63. The zero-order chi connectivity index (χ0) is 16.5. The van der Waals surface area contributed by atoms with Crippen LogP contribution >= 0.6 is 0 Å². The van der Waals surface area contributed by atoms with Crippen molar-refractivity contribution in [3.05, 3.63) is 11.6 Å². The molecule has 7 nitrogen and oxygen atoms in total. The predicted octanol–water partition coefficient (Wildman–Crippen LogP) is 2.33. The van der Waals surface area contributed by atoms with Gasteiger partial charge in [-0.2, -0.15) is 0 Å². The molecule has 1 fully saturated rings. The lowest BCUT2D eigenvalue weighted by Crippen LogP contribution is -2.42. The van der Waals surface area contributed by atoms with Gasteiger partial charge >= 0.3 is 6.09 Å². The van der Waals surface area contributed by atoms with E-state index in [4.69, 9.17) is 4.74 Å². The Hall–Kier alpha value is -2.05. The molecule has 2 heterocycles. The van der Waals surface area contributed by atoms with Gasteiger partial charge in [0.25, 0.3) is 0 Å². The summed E-state index contributed by atoms with van der Waals surface area (Å²) in [6.45, 7) is 6.73. The Morgan fingerprint density at radius 3 is 2.36 bits per heavy atom. The Bertz CT molecular complexity index is 539. The van der Waals surface area contributed by atoms with E-state index in [0.29, 0.717) is 29.8 Å². The SMILES string of the molecule is CC(C)(C)OC(=O)N1CCC(Cc2cc(O)n(O)c2O)CC1. The zero-order valence-corrected chi connectivity index (χ0v) is 13.2. The highest BCUT2D eigenvalue weighted by Gasteiger charge is 2.28. The first-order valence-electron chi connectivity index (χ1n) is 7.47. The summed E-state index contributed by atoms with van der Waals surface area (Å²) in [5, 5.41) is 28.4. The molecule has 7 heteroatoms. The van der Waals surface area contributed by atoms with E-state index in [1.54, 1.807) is 4.90 Å². The van der Waals surface area contributed by atoms with Gasteiger partial charge < -0.3 is 25.1 Å². The number of aromatic nitrogens is 1. The number of likely N-dealkylation sites (tertiary alicyclic amines) is 1. The van der Waals surface area contributed by atoms with Gasteiger partial charge in [-0.15, -0.1) is 4.73 Å². The summed E-state index contributed by atoms with van der Waals surface area (Å²) in [5.74, 6) is -0.419. The summed E-state index contributed by atoms with van der Waals surface area (Å²) in [6, 6.07) is 1.36. The molecular formula is C15H24N2O5.